The highest BCUT2D eigenvalue weighted by atomic mass is 35.5. The number of hydrogen-bond donors (Lipinski definition) is 0. The van der Waals surface area contributed by atoms with Crippen LogP contribution in [0.1, 0.15) is 18.9 Å². The van der Waals surface area contributed by atoms with Crippen LogP contribution in [0.3, 0.4) is 0 Å². The van der Waals surface area contributed by atoms with Gasteiger partial charge in [-0.3, -0.25) is 14.4 Å². The quantitative estimate of drug-likeness (QED) is 0.632. The molecule has 5 heteroatoms. The Balaban J connectivity index is 2.00. The third-order valence-corrected chi connectivity index (χ3v) is 4.67. The summed E-state index contributed by atoms with van der Waals surface area (Å²) >= 11 is 5.86. The van der Waals surface area contributed by atoms with Crippen molar-refractivity contribution in [2.24, 2.45) is 5.41 Å². The zero-order valence-electron chi connectivity index (χ0n) is 13.2. The summed E-state index contributed by atoms with van der Waals surface area (Å²) in [5.41, 5.74) is -0.0460. The second-order valence-corrected chi connectivity index (χ2v) is 6.42. The summed E-state index contributed by atoms with van der Waals surface area (Å²) in [6, 6.07) is 15.7. The van der Waals surface area contributed by atoms with Gasteiger partial charge < -0.3 is 0 Å². The number of carbonyl (C=O) groups is 3. The maximum Gasteiger partial charge on any atom is 0.248 e. The van der Waals surface area contributed by atoms with Gasteiger partial charge in [0.05, 0.1) is 5.69 Å². The van der Waals surface area contributed by atoms with Gasteiger partial charge in [0, 0.05) is 11.4 Å². The van der Waals surface area contributed by atoms with Crippen molar-refractivity contribution in [3.05, 3.63) is 65.2 Å². The Kier molecular flexibility index (Phi) is 4.24. The van der Waals surface area contributed by atoms with Crippen molar-refractivity contribution in [2.45, 2.75) is 19.8 Å². The summed E-state index contributed by atoms with van der Waals surface area (Å²) in [5.74, 6) is -1.12. The van der Waals surface area contributed by atoms with Gasteiger partial charge in [0.25, 0.3) is 0 Å². The molecule has 0 bridgehead atoms. The Morgan fingerprint density at radius 3 is 2.29 bits per heavy atom. The van der Waals surface area contributed by atoms with E-state index in [0.717, 1.165) is 10.5 Å². The number of hydrogen-bond acceptors (Lipinski definition) is 3. The number of rotatable bonds is 4. The predicted octanol–water partition coefficient (Wildman–Crippen LogP) is 3.42. The lowest BCUT2D eigenvalue weighted by Crippen LogP contribution is -2.41. The lowest BCUT2D eigenvalue weighted by molar-refractivity contribution is -0.137. The second-order valence-electron chi connectivity index (χ2n) is 5.99. The van der Waals surface area contributed by atoms with E-state index in [1.807, 2.05) is 30.3 Å². The minimum Gasteiger partial charge on any atom is -0.299 e. The van der Waals surface area contributed by atoms with Crippen molar-refractivity contribution >= 4 is 34.9 Å². The highest BCUT2D eigenvalue weighted by Gasteiger charge is 2.55. The zero-order chi connectivity index (χ0) is 17.3. The van der Waals surface area contributed by atoms with Gasteiger partial charge in [-0.15, -0.1) is 0 Å². The number of Topliss-reactive ketones (excluding diaryl/α,β-unsaturated/α-hetero) is 1. The Morgan fingerprint density at radius 1 is 1.08 bits per heavy atom. The van der Waals surface area contributed by atoms with E-state index in [0.29, 0.717) is 10.7 Å². The van der Waals surface area contributed by atoms with Crippen LogP contribution in [0.25, 0.3) is 0 Å². The molecule has 1 aliphatic rings. The second kappa shape index (κ2) is 6.21. The van der Waals surface area contributed by atoms with Gasteiger partial charge in [-0.1, -0.05) is 41.9 Å². The van der Waals surface area contributed by atoms with Crippen molar-refractivity contribution in [1.29, 1.82) is 0 Å². The number of imide groups is 1. The topological polar surface area (TPSA) is 54.5 Å². The van der Waals surface area contributed by atoms with Gasteiger partial charge in [-0.05, 0) is 43.2 Å². The van der Waals surface area contributed by atoms with Gasteiger partial charge in [0.2, 0.25) is 11.8 Å². The van der Waals surface area contributed by atoms with Crippen LogP contribution in [-0.4, -0.2) is 17.6 Å². The number of halogens is 1. The molecule has 122 valence electrons. The number of anilines is 1. The molecule has 1 fully saturated rings. The number of nitrogens with zero attached hydrogens (tertiary/aromatic N) is 1. The van der Waals surface area contributed by atoms with Gasteiger partial charge in [-0.25, -0.2) is 4.90 Å². The molecule has 0 aromatic heterocycles. The van der Waals surface area contributed by atoms with Crippen molar-refractivity contribution in [3.63, 3.8) is 0 Å². The predicted molar refractivity (Wildman–Crippen MR) is 91.8 cm³/mol. The fraction of sp³-hybridized carbons (Fsp3) is 0.211. The molecule has 0 saturated carbocycles. The summed E-state index contributed by atoms with van der Waals surface area (Å²) < 4.78 is 0. The summed E-state index contributed by atoms with van der Waals surface area (Å²) in [6.45, 7) is 1.37. The molecular formula is C19H16ClNO3. The standard InChI is InChI=1S/C19H16ClNO3/c1-13(22)19(11-14-5-3-2-4-6-14)12-17(23)21(18(19)24)16-9-7-15(20)8-10-16/h2-10H,11-12H2,1H3. The van der Waals surface area contributed by atoms with Gasteiger partial charge in [0.1, 0.15) is 11.2 Å². The first-order valence-corrected chi connectivity index (χ1v) is 8.00. The highest BCUT2D eigenvalue weighted by molar-refractivity contribution is 6.31. The lowest BCUT2D eigenvalue weighted by Gasteiger charge is -2.24. The molecule has 1 heterocycles. The van der Waals surface area contributed by atoms with Crippen LogP contribution in [0.15, 0.2) is 54.6 Å². The van der Waals surface area contributed by atoms with Crippen LogP contribution < -0.4 is 4.90 Å². The summed E-state index contributed by atoms with van der Waals surface area (Å²) in [7, 11) is 0. The lowest BCUT2D eigenvalue weighted by atomic mass is 9.77. The average molecular weight is 342 g/mol. The van der Waals surface area contributed by atoms with Crippen LogP contribution in [-0.2, 0) is 20.8 Å². The first kappa shape index (κ1) is 16.4. The third kappa shape index (κ3) is 2.74. The maximum atomic E-state index is 13.0. The Bertz CT molecular complexity index is 801. The fourth-order valence-electron chi connectivity index (χ4n) is 3.07. The first-order valence-electron chi connectivity index (χ1n) is 7.62. The smallest absolute Gasteiger partial charge is 0.248 e. The number of carbonyl (C=O) groups excluding carboxylic acids is 3. The van der Waals surface area contributed by atoms with E-state index in [1.54, 1.807) is 24.3 Å². The molecule has 1 saturated heterocycles. The Hall–Kier alpha value is -2.46. The molecule has 1 atom stereocenters. The molecule has 0 radical (unpaired) electrons. The summed E-state index contributed by atoms with van der Waals surface area (Å²) in [5, 5.41) is 0.514. The van der Waals surface area contributed by atoms with Crippen LogP contribution >= 0.6 is 11.6 Å². The molecule has 2 amide bonds. The molecule has 1 unspecified atom stereocenters. The molecule has 4 nitrogen and oxygen atoms in total. The summed E-state index contributed by atoms with van der Waals surface area (Å²) in [4.78, 5) is 39.0. The molecule has 0 aliphatic carbocycles. The van der Waals surface area contributed by atoms with Gasteiger partial charge in [-0.2, -0.15) is 0 Å². The van der Waals surface area contributed by atoms with E-state index in [9.17, 15) is 14.4 Å². The summed E-state index contributed by atoms with van der Waals surface area (Å²) in [6.07, 6.45) is 0.108. The number of benzene rings is 2. The largest absolute Gasteiger partial charge is 0.299 e. The van der Waals surface area contributed by atoms with Crippen molar-refractivity contribution in [3.8, 4) is 0 Å². The molecule has 2 aromatic rings. The molecule has 24 heavy (non-hydrogen) atoms. The molecule has 0 N–H and O–H groups in total. The van der Waals surface area contributed by atoms with Gasteiger partial charge in [0.15, 0.2) is 0 Å². The zero-order valence-corrected chi connectivity index (χ0v) is 13.9. The molecule has 3 rings (SSSR count). The third-order valence-electron chi connectivity index (χ3n) is 4.42. The first-order chi connectivity index (χ1) is 11.4. The van der Waals surface area contributed by atoms with Crippen LogP contribution in [0.5, 0.6) is 0 Å². The normalized spacial score (nSPS) is 20.5. The van der Waals surface area contributed by atoms with Gasteiger partial charge >= 0.3 is 0 Å². The average Bonchev–Trinajstić information content (AvgIpc) is 2.81. The SMILES string of the molecule is CC(=O)C1(Cc2ccccc2)CC(=O)N(c2ccc(Cl)cc2)C1=O. The van der Waals surface area contributed by atoms with E-state index in [1.165, 1.54) is 6.92 Å². The minimum absolute atomic E-state index is 0.112. The van der Waals surface area contributed by atoms with E-state index >= 15 is 0 Å². The maximum absolute atomic E-state index is 13.0. The van der Waals surface area contributed by atoms with Crippen LogP contribution in [0.4, 0.5) is 5.69 Å². The minimum atomic E-state index is -1.34. The van der Waals surface area contributed by atoms with Crippen molar-refractivity contribution < 1.29 is 14.4 Å². The monoisotopic (exact) mass is 341 g/mol. The van der Waals surface area contributed by atoms with Crippen molar-refractivity contribution in [2.75, 3.05) is 4.90 Å². The highest BCUT2D eigenvalue weighted by Crippen LogP contribution is 2.39. The van der Waals surface area contributed by atoms with E-state index in [-0.39, 0.29) is 24.5 Å². The van der Waals surface area contributed by atoms with Crippen LogP contribution in [0, 0.1) is 5.41 Å². The fourth-order valence-corrected chi connectivity index (χ4v) is 3.20. The molecule has 0 spiro atoms. The van der Waals surface area contributed by atoms with Crippen LogP contribution in [0.2, 0.25) is 5.02 Å². The Labute approximate surface area is 145 Å². The molecular weight excluding hydrogens is 326 g/mol. The van der Waals surface area contributed by atoms with E-state index < -0.39 is 11.3 Å². The molecule has 1 aliphatic heterocycles. The molecule has 2 aromatic carbocycles. The number of amides is 2. The van der Waals surface area contributed by atoms with E-state index in [4.69, 9.17) is 11.6 Å². The number of ketones is 1. The Morgan fingerprint density at radius 2 is 1.71 bits per heavy atom. The van der Waals surface area contributed by atoms with E-state index in [2.05, 4.69) is 0 Å². The van der Waals surface area contributed by atoms with Crippen molar-refractivity contribution in [1.82, 2.24) is 0 Å².